The van der Waals surface area contributed by atoms with Gasteiger partial charge in [-0.25, -0.2) is 4.39 Å². The first-order valence-electron chi connectivity index (χ1n) is 9.91. The monoisotopic (exact) mass is 362 g/mol. The molecule has 0 atom stereocenters. The standard InChI is InChI=1S/C21H35FN4/c1-23-20(24-14-7-5-4-6-8-15-26(2)3)25-17-21(12-13-21)18-10-9-11-19(22)16-18/h9-11,16H,4-8,12-15,17H2,1-3H3,(H2,23,24,25). The van der Waals surface area contributed by atoms with Crippen molar-refractivity contribution in [2.75, 3.05) is 40.8 Å². The summed E-state index contributed by atoms with van der Waals surface area (Å²) in [5, 5.41) is 6.82. The lowest BCUT2D eigenvalue weighted by molar-refractivity contribution is 0.389. The Morgan fingerprint density at radius 2 is 1.85 bits per heavy atom. The molecule has 0 unspecified atom stereocenters. The van der Waals surface area contributed by atoms with Gasteiger partial charge in [0, 0.05) is 25.6 Å². The highest BCUT2D eigenvalue weighted by Crippen LogP contribution is 2.47. The van der Waals surface area contributed by atoms with Gasteiger partial charge in [0.05, 0.1) is 0 Å². The van der Waals surface area contributed by atoms with E-state index in [4.69, 9.17) is 0 Å². The number of unbranched alkanes of at least 4 members (excludes halogenated alkanes) is 4. The van der Waals surface area contributed by atoms with Gasteiger partial charge in [-0.05, 0) is 64.0 Å². The number of nitrogens with one attached hydrogen (secondary N) is 2. The smallest absolute Gasteiger partial charge is 0.191 e. The molecule has 0 heterocycles. The molecule has 1 fully saturated rings. The molecule has 0 aliphatic heterocycles. The number of guanidine groups is 1. The molecule has 1 aromatic carbocycles. The number of benzene rings is 1. The normalized spacial score (nSPS) is 16.0. The average Bonchev–Trinajstić information content (AvgIpc) is 3.41. The predicted molar refractivity (Wildman–Crippen MR) is 108 cm³/mol. The second-order valence-corrected chi connectivity index (χ2v) is 7.71. The second kappa shape index (κ2) is 10.5. The van der Waals surface area contributed by atoms with Crippen LogP contribution in [0.5, 0.6) is 0 Å². The first-order valence-corrected chi connectivity index (χ1v) is 9.91. The molecular formula is C21H35FN4. The van der Waals surface area contributed by atoms with Gasteiger partial charge in [0.25, 0.3) is 0 Å². The molecule has 1 aliphatic carbocycles. The van der Waals surface area contributed by atoms with Gasteiger partial charge < -0.3 is 15.5 Å². The minimum absolute atomic E-state index is 0.0756. The Morgan fingerprint density at radius 1 is 1.12 bits per heavy atom. The minimum Gasteiger partial charge on any atom is -0.356 e. The third kappa shape index (κ3) is 6.94. The van der Waals surface area contributed by atoms with Crippen molar-refractivity contribution < 1.29 is 4.39 Å². The highest BCUT2D eigenvalue weighted by atomic mass is 19.1. The summed E-state index contributed by atoms with van der Waals surface area (Å²) in [5.41, 5.74) is 1.17. The average molecular weight is 363 g/mol. The van der Waals surface area contributed by atoms with Gasteiger partial charge in [-0.1, -0.05) is 31.4 Å². The van der Waals surface area contributed by atoms with E-state index in [1.165, 1.54) is 38.3 Å². The van der Waals surface area contributed by atoms with E-state index in [9.17, 15) is 4.39 Å². The van der Waals surface area contributed by atoms with Crippen LogP contribution in [0.2, 0.25) is 0 Å². The molecule has 1 aromatic rings. The van der Waals surface area contributed by atoms with E-state index >= 15 is 0 Å². The van der Waals surface area contributed by atoms with Crippen LogP contribution < -0.4 is 10.6 Å². The summed E-state index contributed by atoms with van der Waals surface area (Å²) in [6, 6.07) is 7.01. The molecule has 1 saturated carbocycles. The number of rotatable bonds is 11. The number of aliphatic imine (C=N–C) groups is 1. The van der Waals surface area contributed by atoms with Gasteiger partial charge >= 0.3 is 0 Å². The summed E-state index contributed by atoms with van der Waals surface area (Å²) in [7, 11) is 6.06. The van der Waals surface area contributed by atoms with Crippen molar-refractivity contribution in [1.82, 2.24) is 15.5 Å². The maximum Gasteiger partial charge on any atom is 0.191 e. The van der Waals surface area contributed by atoms with E-state index in [2.05, 4.69) is 34.6 Å². The van der Waals surface area contributed by atoms with Crippen LogP contribution in [-0.2, 0) is 5.41 Å². The Labute approximate surface area is 158 Å². The zero-order valence-corrected chi connectivity index (χ0v) is 16.7. The molecule has 26 heavy (non-hydrogen) atoms. The predicted octanol–water partition coefficient (Wildman–Crippen LogP) is 3.53. The summed E-state index contributed by atoms with van der Waals surface area (Å²) >= 11 is 0. The summed E-state index contributed by atoms with van der Waals surface area (Å²) in [4.78, 5) is 6.56. The van der Waals surface area contributed by atoms with Crippen LogP contribution in [0.25, 0.3) is 0 Å². The highest BCUT2D eigenvalue weighted by Gasteiger charge is 2.44. The molecule has 0 saturated heterocycles. The third-order valence-corrected chi connectivity index (χ3v) is 5.18. The largest absolute Gasteiger partial charge is 0.356 e. The molecule has 1 aliphatic rings. The van der Waals surface area contributed by atoms with Crippen molar-refractivity contribution in [1.29, 1.82) is 0 Å². The first kappa shape index (κ1) is 20.7. The van der Waals surface area contributed by atoms with Crippen LogP contribution in [0.15, 0.2) is 29.3 Å². The van der Waals surface area contributed by atoms with Gasteiger partial charge in [-0.3, -0.25) is 4.99 Å². The van der Waals surface area contributed by atoms with E-state index in [0.717, 1.165) is 43.9 Å². The molecule has 0 amide bonds. The molecule has 4 nitrogen and oxygen atoms in total. The molecule has 0 spiro atoms. The molecular weight excluding hydrogens is 327 g/mol. The van der Waals surface area contributed by atoms with Crippen LogP contribution in [0.3, 0.4) is 0 Å². The van der Waals surface area contributed by atoms with E-state index in [-0.39, 0.29) is 11.2 Å². The molecule has 5 heteroatoms. The summed E-state index contributed by atoms with van der Waals surface area (Å²) in [6.07, 6.45) is 8.51. The summed E-state index contributed by atoms with van der Waals surface area (Å²) in [6.45, 7) is 2.93. The zero-order chi connectivity index (χ0) is 18.8. The lowest BCUT2D eigenvalue weighted by Gasteiger charge is -2.19. The van der Waals surface area contributed by atoms with E-state index < -0.39 is 0 Å². The number of hydrogen-bond acceptors (Lipinski definition) is 2. The van der Waals surface area contributed by atoms with Gasteiger partial charge in [-0.2, -0.15) is 0 Å². The van der Waals surface area contributed by atoms with Crippen molar-refractivity contribution >= 4 is 5.96 Å². The zero-order valence-electron chi connectivity index (χ0n) is 16.7. The van der Waals surface area contributed by atoms with Gasteiger partial charge in [0.15, 0.2) is 5.96 Å². The maximum atomic E-state index is 13.5. The highest BCUT2D eigenvalue weighted by molar-refractivity contribution is 5.79. The van der Waals surface area contributed by atoms with E-state index in [0.29, 0.717) is 0 Å². The number of nitrogens with zero attached hydrogens (tertiary/aromatic N) is 2. The third-order valence-electron chi connectivity index (χ3n) is 5.18. The van der Waals surface area contributed by atoms with Crippen LogP contribution in [0.4, 0.5) is 4.39 Å². The fraction of sp³-hybridized carbons (Fsp3) is 0.667. The van der Waals surface area contributed by atoms with E-state index in [1.54, 1.807) is 19.2 Å². The topological polar surface area (TPSA) is 39.7 Å². The van der Waals surface area contributed by atoms with Crippen LogP contribution in [-0.4, -0.2) is 51.6 Å². The minimum atomic E-state index is -0.151. The first-order chi connectivity index (χ1) is 12.6. The number of halogens is 1. The maximum absolute atomic E-state index is 13.5. The second-order valence-electron chi connectivity index (χ2n) is 7.71. The molecule has 0 bridgehead atoms. The quantitative estimate of drug-likeness (QED) is 0.359. The Morgan fingerprint density at radius 3 is 2.50 bits per heavy atom. The summed E-state index contributed by atoms with van der Waals surface area (Å²) in [5.74, 6) is 0.696. The van der Waals surface area contributed by atoms with Crippen molar-refractivity contribution in [3.63, 3.8) is 0 Å². The molecule has 2 N–H and O–H groups in total. The lowest BCUT2D eigenvalue weighted by Crippen LogP contribution is -2.41. The fourth-order valence-corrected chi connectivity index (χ4v) is 3.30. The fourth-order valence-electron chi connectivity index (χ4n) is 3.30. The summed E-state index contributed by atoms with van der Waals surface area (Å²) < 4.78 is 13.5. The van der Waals surface area contributed by atoms with Crippen molar-refractivity contribution in [3.05, 3.63) is 35.6 Å². The Balaban J connectivity index is 1.61. The van der Waals surface area contributed by atoms with Crippen molar-refractivity contribution in [2.45, 2.75) is 50.4 Å². The molecule has 0 aromatic heterocycles. The van der Waals surface area contributed by atoms with E-state index in [1.807, 2.05) is 6.07 Å². The Hall–Kier alpha value is -1.62. The van der Waals surface area contributed by atoms with Gasteiger partial charge in [0.1, 0.15) is 5.82 Å². The van der Waals surface area contributed by atoms with Crippen molar-refractivity contribution in [3.8, 4) is 0 Å². The molecule has 2 rings (SSSR count). The molecule has 146 valence electrons. The van der Waals surface area contributed by atoms with Gasteiger partial charge in [-0.15, -0.1) is 0 Å². The van der Waals surface area contributed by atoms with Crippen LogP contribution in [0.1, 0.15) is 50.5 Å². The number of hydrogen-bond donors (Lipinski definition) is 2. The SMILES string of the molecule is CN=C(NCCCCCCCN(C)C)NCC1(c2cccc(F)c2)CC1. The van der Waals surface area contributed by atoms with Crippen LogP contribution >= 0.6 is 0 Å². The van der Waals surface area contributed by atoms with Crippen molar-refractivity contribution in [2.24, 2.45) is 4.99 Å². The Bertz CT molecular complexity index is 567. The molecule has 0 radical (unpaired) electrons. The van der Waals surface area contributed by atoms with Crippen LogP contribution in [0, 0.1) is 5.82 Å². The lowest BCUT2D eigenvalue weighted by atomic mass is 9.96. The Kier molecular flexibility index (Phi) is 8.36. The van der Waals surface area contributed by atoms with Gasteiger partial charge in [0.2, 0.25) is 0 Å².